The summed E-state index contributed by atoms with van der Waals surface area (Å²) in [6.07, 6.45) is 10.7. The number of rotatable bonds is 6. The van der Waals surface area contributed by atoms with Gasteiger partial charge in [0, 0.05) is 19.1 Å². The van der Waals surface area contributed by atoms with Gasteiger partial charge in [-0.05, 0) is 38.1 Å². The van der Waals surface area contributed by atoms with Gasteiger partial charge in [-0.25, -0.2) is 0 Å². The van der Waals surface area contributed by atoms with Crippen LogP contribution >= 0.6 is 0 Å². The van der Waals surface area contributed by atoms with Gasteiger partial charge in [0.05, 0.1) is 6.04 Å². The van der Waals surface area contributed by atoms with Crippen LogP contribution < -0.4 is 11.1 Å². The van der Waals surface area contributed by atoms with E-state index in [4.69, 9.17) is 5.73 Å². The Kier molecular flexibility index (Phi) is 6.97. The molecular formula is C17H33N3O. The van der Waals surface area contributed by atoms with Crippen LogP contribution in [0.5, 0.6) is 0 Å². The van der Waals surface area contributed by atoms with Gasteiger partial charge >= 0.3 is 0 Å². The highest BCUT2D eigenvalue weighted by molar-refractivity contribution is 5.81. The highest BCUT2D eigenvalue weighted by Crippen LogP contribution is 2.27. The smallest absolute Gasteiger partial charge is 0.237 e. The largest absolute Gasteiger partial charge is 0.352 e. The maximum atomic E-state index is 12.2. The first-order chi connectivity index (χ1) is 10.2. The van der Waals surface area contributed by atoms with Gasteiger partial charge in [-0.15, -0.1) is 0 Å². The first-order valence-corrected chi connectivity index (χ1v) is 8.97. The molecule has 1 heterocycles. The highest BCUT2D eigenvalue weighted by Gasteiger charge is 2.25. The van der Waals surface area contributed by atoms with Crippen molar-refractivity contribution in [1.82, 2.24) is 10.2 Å². The van der Waals surface area contributed by atoms with Crippen LogP contribution in [-0.4, -0.2) is 42.5 Å². The molecule has 0 aromatic carbocycles. The zero-order chi connectivity index (χ0) is 15.1. The number of hydrogen-bond acceptors (Lipinski definition) is 3. The summed E-state index contributed by atoms with van der Waals surface area (Å²) in [6.45, 7) is 5.62. The fourth-order valence-corrected chi connectivity index (χ4v) is 3.81. The number of nitrogens with one attached hydrogen (secondary N) is 1. The van der Waals surface area contributed by atoms with Gasteiger partial charge < -0.3 is 16.0 Å². The van der Waals surface area contributed by atoms with Crippen LogP contribution in [0, 0.1) is 5.92 Å². The normalized spacial score (nSPS) is 23.9. The van der Waals surface area contributed by atoms with Crippen molar-refractivity contribution in [3.63, 3.8) is 0 Å². The van der Waals surface area contributed by atoms with Gasteiger partial charge in [-0.3, -0.25) is 4.79 Å². The second kappa shape index (κ2) is 8.74. The molecule has 1 amide bonds. The summed E-state index contributed by atoms with van der Waals surface area (Å²) in [7, 11) is 0. The molecule has 3 N–H and O–H groups in total. The first kappa shape index (κ1) is 16.8. The van der Waals surface area contributed by atoms with E-state index in [0.717, 1.165) is 32.4 Å². The third kappa shape index (κ3) is 5.59. The van der Waals surface area contributed by atoms with Crippen LogP contribution in [0.4, 0.5) is 0 Å². The fraction of sp³-hybridized carbons (Fsp3) is 0.941. The van der Waals surface area contributed by atoms with E-state index < -0.39 is 0 Å². The van der Waals surface area contributed by atoms with Crippen LogP contribution in [0.1, 0.15) is 64.7 Å². The Labute approximate surface area is 129 Å². The summed E-state index contributed by atoms with van der Waals surface area (Å²) in [4.78, 5) is 14.7. The number of nitrogens with two attached hydrogens (primary N) is 1. The summed E-state index contributed by atoms with van der Waals surface area (Å²) in [6, 6.07) is 0.0322. The summed E-state index contributed by atoms with van der Waals surface area (Å²) in [5.41, 5.74) is 6.12. The van der Waals surface area contributed by atoms with Crippen molar-refractivity contribution in [3.8, 4) is 0 Å². The number of nitrogens with zero attached hydrogens (tertiary/aromatic N) is 1. The van der Waals surface area contributed by atoms with Crippen molar-refractivity contribution in [1.29, 1.82) is 0 Å². The third-order valence-electron chi connectivity index (χ3n) is 5.12. The molecule has 0 aromatic heterocycles. The predicted octanol–water partition coefficient (Wildman–Crippen LogP) is 2.27. The average molecular weight is 295 g/mol. The van der Waals surface area contributed by atoms with Gasteiger partial charge in [0.1, 0.15) is 0 Å². The zero-order valence-electron chi connectivity index (χ0n) is 13.7. The lowest BCUT2D eigenvalue weighted by atomic mass is 9.85. The molecule has 2 fully saturated rings. The van der Waals surface area contributed by atoms with E-state index in [0.29, 0.717) is 12.0 Å². The molecule has 2 rings (SSSR count). The van der Waals surface area contributed by atoms with Gasteiger partial charge in [-0.2, -0.15) is 0 Å². The van der Waals surface area contributed by atoms with Gasteiger partial charge in [0.25, 0.3) is 0 Å². The molecule has 0 aromatic rings. The summed E-state index contributed by atoms with van der Waals surface area (Å²) in [5, 5.41) is 3.18. The van der Waals surface area contributed by atoms with Crippen LogP contribution in [-0.2, 0) is 4.79 Å². The van der Waals surface area contributed by atoms with E-state index in [-0.39, 0.29) is 11.9 Å². The lowest BCUT2D eigenvalue weighted by molar-refractivity contribution is -0.123. The number of hydrogen-bond donors (Lipinski definition) is 2. The molecule has 21 heavy (non-hydrogen) atoms. The van der Waals surface area contributed by atoms with E-state index in [2.05, 4.69) is 17.1 Å². The Morgan fingerprint density at radius 1 is 1.19 bits per heavy atom. The average Bonchev–Trinajstić information content (AvgIpc) is 2.50. The maximum Gasteiger partial charge on any atom is 0.237 e. The predicted molar refractivity (Wildman–Crippen MR) is 87.1 cm³/mol. The van der Waals surface area contributed by atoms with Crippen molar-refractivity contribution >= 4 is 5.91 Å². The number of amides is 1. The fourth-order valence-electron chi connectivity index (χ4n) is 3.81. The van der Waals surface area contributed by atoms with Gasteiger partial charge in [0.15, 0.2) is 0 Å². The highest BCUT2D eigenvalue weighted by atomic mass is 16.2. The minimum absolute atomic E-state index is 0.0783. The molecule has 4 nitrogen and oxygen atoms in total. The molecular weight excluding hydrogens is 262 g/mol. The van der Waals surface area contributed by atoms with Crippen LogP contribution in [0.3, 0.4) is 0 Å². The lowest BCUT2D eigenvalue weighted by Crippen LogP contribution is -2.50. The molecule has 1 aliphatic heterocycles. The SMILES string of the molecule is CCCN1CCC(NC(=O)C(N)CC2CCCCC2)CC1. The number of carbonyl (C=O) groups excluding carboxylic acids is 1. The van der Waals surface area contributed by atoms with E-state index in [1.165, 1.54) is 45.1 Å². The third-order valence-corrected chi connectivity index (χ3v) is 5.12. The van der Waals surface area contributed by atoms with E-state index in [9.17, 15) is 4.79 Å². The Hall–Kier alpha value is -0.610. The van der Waals surface area contributed by atoms with Gasteiger partial charge in [0.2, 0.25) is 5.91 Å². The Morgan fingerprint density at radius 3 is 2.48 bits per heavy atom. The van der Waals surface area contributed by atoms with Crippen molar-refractivity contribution < 1.29 is 4.79 Å². The molecule has 0 radical (unpaired) electrons. The minimum atomic E-state index is -0.304. The quantitative estimate of drug-likeness (QED) is 0.790. The second-order valence-electron chi connectivity index (χ2n) is 6.97. The zero-order valence-corrected chi connectivity index (χ0v) is 13.7. The summed E-state index contributed by atoms with van der Waals surface area (Å²) < 4.78 is 0. The molecule has 122 valence electrons. The first-order valence-electron chi connectivity index (χ1n) is 8.97. The Morgan fingerprint density at radius 2 is 1.86 bits per heavy atom. The van der Waals surface area contributed by atoms with E-state index in [1.54, 1.807) is 0 Å². The van der Waals surface area contributed by atoms with Crippen molar-refractivity contribution in [2.75, 3.05) is 19.6 Å². The minimum Gasteiger partial charge on any atom is -0.352 e. The Bertz CT molecular complexity index is 307. The van der Waals surface area contributed by atoms with Crippen molar-refractivity contribution in [2.24, 2.45) is 11.7 Å². The molecule has 1 saturated carbocycles. The van der Waals surface area contributed by atoms with E-state index in [1.807, 2.05) is 0 Å². The molecule has 1 atom stereocenters. The van der Waals surface area contributed by atoms with Crippen molar-refractivity contribution in [2.45, 2.75) is 76.8 Å². The number of likely N-dealkylation sites (tertiary alicyclic amines) is 1. The molecule has 2 aliphatic rings. The maximum absolute atomic E-state index is 12.2. The van der Waals surface area contributed by atoms with E-state index >= 15 is 0 Å². The molecule has 0 spiro atoms. The molecule has 1 saturated heterocycles. The standard InChI is InChI=1S/C17H33N3O/c1-2-10-20-11-8-15(9-12-20)19-17(21)16(18)13-14-6-4-3-5-7-14/h14-16H,2-13,18H2,1H3,(H,19,21). The molecule has 1 aliphatic carbocycles. The second-order valence-corrected chi connectivity index (χ2v) is 6.97. The van der Waals surface area contributed by atoms with Crippen molar-refractivity contribution in [3.05, 3.63) is 0 Å². The topological polar surface area (TPSA) is 58.4 Å². The van der Waals surface area contributed by atoms with Crippen LogP contribution in [0.15, 0.2) is 0 Å². The number of piperidine rings is 1. The lowest BCUT2D eigenvalue weighted by Gasteiger charge is -2.33. The molecule has 4 heteroatoms. The molecule has 0 bridgehead atoms. The monoisotopic (exact) mass is 295 g/mol. The van der Waals surface area contributed by atoms with Gasteiger partial charge in [-0.1, -0.05) is 39.0 Å². The summed E-state index contributed by atoms with van der Waals surface area (Å²) >= 11 is 0. The van der Waals surface area contributed by atoms with Crippen LogP contribution in [0.25, 0.3) is 0 Å². The van der Waals surface area contributed by atoms with Crippen LogP contribution in [0.2, 0.25) is 0 Å². The Balaban J connectivity index is 1.66. The summed E-state index contributed by atoms with van der Waals surface area (Å²) in [5.74, 6) is 0.750. The number of carbonyl (C=O) groups is 1. The molecule has 1 unspecified atom stereocenters.